The highest BCUT2D eigenvalue weighted by atomic mass is 127. The van der Waals surface area contributed by atoms with Crippen LogP contribution in [0.2, 0.25) is 0 Å². The second-order valence-corrected chi connectivity index (χ2v) is 7.02. The summed E-state index contributed by atoms with van der Waals surface area (Å²) in [6.45, 7) is 11.5. The van der Waals surface area contributed by atoms with Crippen LogP contribution in [-0.2, 0) is 6.54 Å². The molecule has 0 spiro atoms. The number of hydrogen-bond donors (Lipinski definition) is 2. The van der Waals surface area contributed by atoms with E-state index in [0.717, 1.165) is 54.5 Å². The molecule has 148 valence electrons. The topological polar surface area (TPSA) is 61.8 Å². The molecule has 0 aliphatic carbocycles. The summed E-state index contributed by atoms with van der Waals surface area (Å²) in [6, 6.07) is 1.10. The zero-order valence-corrected chi connectivity index (χ0v) is 19.3. The van der Waals surface area contributed by atoms with Gasteiger partial charge in [0.05, 0.1) is 19.3 Å². The van der Waals surface area contributed by atoms with Crippen molar-refractivity contribution < 1.29 is 4.74 Å². The van der Waals surface area contributed by atoms with Crippen LogP contribution in [0.25, 0.3) is 0 Å². The molecule has 1 aromatic heterocycles. The van der Waals surface area contributed by atoms with Crippen molar-refractivity contribution in [2.24, 2.45) is 4.99 Å². The molecule has 0 amide bonds. The summed E-state index contributed by atoms with van der Waals surface area (Å²) in [6.07, 6.45) is 4.16. The van der Waals surface area contributed by atoms with Crippen LogP contribution in [0.15, 0.2) is 11.2 Å². The first-order chi connectivity index (χ1) is 12.0. The third-order valence-electron chi connectivity index (χ3n) is 5.00. The molecule has 0 aromatic carbocycles. The Morgan fingerprint density at radius 2 is 2.00 bits per heavy atom. The Hall–Kier alpha value is -1.09. The summed E-state index contributed by atoms with van der Waals surface area (Å²) in [4.78, 5) is 11.4. The molecule has 0 bridgehead atoms. The molecule has 26 heavy (non-hydrogen) atoms. The fraction of sp³-hybridized carbons (Fsp3) is 0.684. The minimum absolute atomic E-state index is 0. The number of guanidine groups is 1. The molecule has 0 atom stereocenters. The van der Waals surface area contributed by atoms with E-state index in [9.17, 15) is 0 Å². The number of halogens is 1. The van der Waals surface area contributed by atoms with Crippen LogP contribution < -0.4 is 15.4 Å². The number of rotatable bonds is 5. The van der Waals surface area contributed by atoms with Crippen LogP contribution in [0.4, 0.5) is 0 Å². The second-order valence-electron chi connectivity index (χ2n) is 7.02. The summed E-state index contributed by atoms with van der Waals surface area (Å²) in [5.41, 5.74) is 3.12. The highest BCUT2D eigenvalue weighted by molar-refractivity contribution is 14.0. The Labute approximate surface area is 175 Å². The van der Waals surface area contributed by atoms with Crippen LogP contribution in [0.3, 0.4) is 0 Å². The number of aryl methyl sites for hydroxylation is 1. The van der Waals surface area contributed by atoms with Crippen LogP contribution in [-0.4, -0.2) is 55.2 Å². The van der Waals surface area contributed by atoms with Crippen LogP contribution in [0, 0.1) is 13.8 Å². The summed E-state index contributed by atoms with van der Waals surface area (Å²) >= 11 is 0. The van der Waals surface area contributed by atoms with E-state index in [2.05, 4.69) is 39.4 Å². The molecule has 1 fully saturated rings. The summed E-state index contributed by atoms with van der Waals surface area (Å²) in [7, 11) is 3.52. The lowest BCUT2D eigenvalue weighted by Crippen LogP contribution is -2.49. The van der Waals surface area contributed by atoms with E-state index in [1.54, 1.807) is 7.11 Å². The second kappa shape index (κ2) is 10.9. The standard InChI is InChI=1S/C19H33N5O.HI/c1-13(2)24-9-7-16(8-10-24)23-19(20-5)22-12-17-15(4)18(25-6)14(3)11-21-17;/h11,13,16H,7-10,12H2,1-6H3,(H2,20,22,23);1H. The van der Waals surface area contributed by atoms with Crippen LogP contribution >= 0.6 is 24.0 Å². The Morgan fingerprint density at radius 3 is 2.54 bits per heavy atom. The lowest BCUT2D eigenvalue weighted by Gasteiger charge is -2.35. The van der Waals surface area contributed by atoms with Gasteiger partial charge in [-0.2, -0.15) is 0 Å². The lowest BCUT2D eigenvalue weighted by molar-refractivity contribution is 0.167. The number of pyridine rings is 1. The third-order valence-corrected chi connectivity index (χ3v) is 5.00. The monoisotopic (exact) mass is 475 g/mol. The smallest absolute Gasteiger partial charge is 0.191 e. The predicted octanol–water partition coefficient (Wildman–Crippen LogP) is 2.86. The molecular weight excluding hydrogens is 441 g/mol. The summed E-state index contributed by atoms with van der Waals surface area (Å²) in [5.74, 6) is 1.75. The van der Waals surface area contributed by atoms with Gasteiger partial charge in [0.2, 0.25) is 0 Å². The van der Waals surface area contributed by atoms with Gasteiger partial charge < -0.3 is 20.3 Å². The minimum Gasteiger partial charge on any atom is -0.496 e. The van der Waals surface area contributed by atoms with Gasteiger partial charge in [0, 0.05) is 49.5 Å². The van der Waals surface area contributed by atoms with Crippen molar-refractivity contribution in [1.82, 2.24) is 20.5 Å². The lowest BCUT2D eigenvalue weighted by atomic mass is 10.0. The van der Waals surface area contributed by atoms with E-state index in [0.29, 0.717) is 18.6 Å². The number of nitrogens with one attached hydrogen (secondary N) is 2. The Kier molecular flexibility index (Phi) is 9.63. The Bertz CT molecular complexity index is 598. The van der Waals surface area contributed by atoms with E-state index in [-0.39, 0.29) is 24.0 Å². The maximum atomic E-state index is 5.48. The van der Waals surface area contributed by atoms with E-state index in [1.807, 2.05) is 27.1 Å². The van der Waals surface area contributed by atoms with Crippen molar-refractivity contribution in [3.63, 3.8) is 0 Å². The van der Waals surface area contributed by atoms with E-state index >= 15 is 0 Å². The summed E-state index contributed by atoms with van der Waals surface area (Å²) < 4.78 is 5.48. The molecule has 2 N–H and O–H groups in total. The fourth-order valence-corrected chi connectivity index (χ4v) is 3.36. The average Bonchev–Trinajstić information content (AvgIpc) is 2.60. The van der Waals surface area contributed by atoms with Gasteiger partial charge >= 0.3 is 0 Å². The summed E-state index contributed by atoms with van der Waals surface area (Å²) in [5, 5.41) is 6.93. The number of piperidine rings is 1. The quantitative estimate of drug-likeness (QED) is 0.390. The number of nitrogens with zero attached hydrogens (tertiary/aromatic N) is 3. The molecule has 1 saturated heterocycles. The fourth-order valence-electron chi connectivity index (χ4n) is 3.36. The number of ether oxygens (including phenoxy) is 1. The van der Waals surface area contributed by atoms with Gasteiger partial charge in [0.1, 0.15) is 5.75 Å². The van der Waals surface area contributed by atoms with Crippen molar-refractivity contribution in [1.29, 1.82) is 0 Å². The molecule has 6 nitrogen and oxygen atoms in total. The van der Waals surface area contributed by atoms with Crippen molar-refractivity contribution in [2.75, 3.05) is 27.2 Å². The van der Waals surface area contributed by atoms with E-state index < -0.39 is 0 Å². The number of aliphatic imine (C=N–C) groups is 1. The van der Waals surface area contributed by atoms with Gasteiger partial charge in [-0.15, -0.1) is 24.0 Å². The van der Waals surface area contributed by atoms with Crippen LogP contribution in [0.1, 0.15) is 43.5 Å². The number of methoxy groups -OCH3 is 1. The van der Waals surface area contributed by atoms with Crippen molar-refractivity contribution in [3.8, 4) is 5.75 Å². The number of hydrogen-bond acceptors (Lipinski definition) is 4. The molecule has 1 aliphatic heterocycles. The van der Waals surface area contributed by atoms with Gasteiger partial charge in [0.25, 0.3) is 0 Å². The first-order valence-corrected chi connectivity index (χ1v) is 9.16. The highest BCUT2D eigenvalue weighted by Gasteiger charge is 2.21. The Morgan fingerprint density at radius 1 is 1.35 bits per heavy atom. The maximum absolute atomic E-state index is 5.48. The van der Waals surface area contributed by atoms with Crippen LogP contribution in [0.5, 0.6) is 5.75 Å². The first-order valence-electron chi connectivity index (χ1n) is 9.16. The molecule has 0 saturated carbocycles. The minimum atomic E-state index is 0. The van der Waals surface area contributed by atoms with E-state index in [4.69, 9.17) is 4.74 Å². The van der Waals surface area contributed by atoms with Gasteiger partial charge in [-0.05, 0) is 40.5 Å². The zero-order valence-electron chi connectivity index (χ0n) is 16.9. The predicted molar refractivity (Wildman–Crippen MR) is 119 cm³/mol. The number of likely N-dealkylation sites (tertiary alicyclic amines) is 1. The van der Waals surface area contributed by atoms with Gasteiger partial charge in [0.15, 0.2) is 5.96 Å². The van der Waals surface area contributed by atoms with Gasteiger partial charge in [-0.3, -0.25) is 9.98 Å². The van der Waals surface area contributed by atoms with Crippen molar-refractivity contribution in [2.45, 2.75) is 59.2 Å². The molecule has 1 aromatic rings. The SMILES string of the molecule is CN=C(NCc1ncc(C)c(OC)c1C)NC1CCN(C(C)C)CC1.I. The van der Waals surface area contributed by atoms with Gasteiger partial charge in [-0.25, -0.2) is 0 Å². The molecule has 1 aliphatic rings. The first kappa shape index (κ1) is 23.0. The molecule has 2 rings (SSSR count). The van der Waals surface area contributed by atoms with Crippen molar-refractivity contribution in [3.05, 3.63) is 23.0 Å². The normalized spacial score (nSPS) is 16.3. The molecule has 7 heteroatoms. The van der Waals surface area contributed by atoms with E-state index in [1.165, 1.54) is 0 Å². The molecule has 0 radical (unpaired) electrons. The van der Waals surface area contributed by atoms with Gasteiger partial charge in [-0.1, -0.05) is 0 Å². The Balaban J connectivity index is 0.00000338. The zero-order chi connectivity index (χ0) is 18.4. The van der Waals surface area contributed by atoms with Crippen molar-refractivity contribution >= 4 is 29.9 Å². The molecule has 2 heterocycles. The third kappa shape index (κ3) is 5.97. The molecule has 0 unspecified atom stereocenters. The number of aromatic nitrogens is 1. The average molecular weight is 475 g/mol. The maximum Gasteiger partial charge on any atom is 0.191 e. The highest BCUT2D eigenvalue weighted by Crippen LogP contribution is 2.23. The molecular formula is C19H34IN5O. The largest absolute Gasteiger partial charge is 0.496 e.